The Balaban J connectivity index is 0.00000192. The molecule has 0 bridgehead atoms. The van der Waals surface area contributed by atoms with Crippen LogP contribution < -0.4 is 11.1 Å². The van der Waals surface area contributed by atoms with Gasteiger partial charge in [0.05, 0.1) is 0 Å². The first-order chi connectivity index (χ1) is 10.7. The van der Waals surface area contributed by atoms with Gasteiger partial charge in [0.2, 0.25) is 0 Å². The van der Waals surface area contributed by atoms with E-state index in [1.807, 2.05) is 30.3 Å². The number of anilines is 1. The molecule has 23 heavy (non-hydrogen) atoms. The molecule has 0 saturated carbocycles. The van der Waals surface area contributed by atoms with Crippen LogP contribution in [-0.4, -0.2) is 13.2 Å². The maximum absolute atomic E-state index is 6.03. The van der Waals surface area contributed by atoms with Gasteiger partial charge < -0.3 is 15.8 Å². The molecule has 3 N–H and O–H groups in total. The second-order valence-corrected chi connectivity index (χ2v) is 6.24. The van der Waals surface area contributed by atoms with Crippen LogP contribution in [0.4, 0.5) is 5.69 Å². The predicted octanol–water partition coefficient (Wildman–Crippen LogP) is 4.14. The molecule has 1 aliphatic heterocycles. The third-order valence-electron chi connectivity index (χ3n) is 4.33. The Morgan fingerprint density at radius 3 is 2.43 bits per heavy atom. The van der Waals surface area contributed by atoms with Crippen molar-refractivity contribution in [2.45, 2.75) is 24.9 Å². The second-order valence-electron chi connectivity index (χ2n) is 5.80. The number of benzene rings is 2. The molecule has 0 atom stereocenters. The quantitative estimate of drug-likeness (QED) is 0.812. The summed E-state index contributed by atoms with van der Waals surface area (Å²) in [5.74, 6) is 0. The van der Waals surface area contributed by atoms with Gasteiger partial charge in [-0.25, -0.2) is 0 Å². The van der Waals surface area contributed by atoms with Gasteiger partial charge in [0.1, 0.15) is 0 Å². The Kier molecular flexibility index (Phi) is 6.31. The highest BCUT2D eigenvalue weighted by Gasteiger charge is 2.33. The highest BCUT2D eigenvalue weighted by atomic mass is 35.5. The van der Waals surface area contributed by atoms with Crippen molar-refractivity contribution in [1.29, 1.82) is 0 Å². The molecule has 1 heterocycles. The number of hydrogen-bond donors (Lipinski definition) is 2. The lowest BCUT2D eigenvalue weighted by atomic mass is 9.82. The summed E-state index contributed by atoms with van der Waals surface area (Å²) in [6.07, 6.45) is 1.91. The SMILES string of the molecule is Cl.Nc1cccc(CNC2(c3ccc(Cl)cc3)CCOCC2)c1. The van der Waals surface area contributed by atoms with Crippen LogP contribution in [0, 0.1) is 0 Å². The number of nitrogens with one attached hydrogen (secondary N) is 1. The van der Waals surface area contributed by atoms with E-state index in [0.717, 1.165) is 43.3 Å². The standard InChI is InChI=1S/C18H21ClN2O.ClH/c19-16-6-4-15(5-7-16)18(8-10-22-11-9-18)21-13-14-2-1-3-17(20)12-14;/h1-7,12,21H,8-11,13,20H2;1H. The molecular formula is C18H22Cl2N2O. The second kappa shape index (κ2) is 8.02. The number of nitrogen functional groups attached to an aromatic ring is 1. The molecule has 0 spiro atoms. The fraction of sp³-hybridized carbons (Fsp3) is 0.333. The van der Waals surface area contributed by atoms with E-state index in [-0.39, 0.29) is 17.9 Å². The average molecular weight is 353 g/mol. The lowest BCUT2D eigenvalue weighted by Gasteiger charge is -2.39. The summed E-state index contributed by atoms with van der Waals surface area (Å²) in [6, 6.07) is 16.1. The molecule has 5 heteroatoms. The normalized spacial score (nSPS) is 16.6. The third kappa shape index (κ3) is 4.39. The van der Waals surface area contributed by atoms with Crippen LogP contribution in [0.25, 0.3) is 0 Å². The van der Waals surface area contributed by atoms with Gasteiger partial charge in [-0.15, -0.1) is 12.4 Å². The van der Waals surface area contributed by atoms with Gasteiger partial charge in [-0.3, -0.25) is 0 Å². The highest BCUT2D eigenvalue weighted by molar-refractivity contribution is 6.30. The topological polar surface area (TPSA) is 47.3 Å². The first-order valence-corrected chi connectivity index (χ1v) is 7.99. The zero-order valence-corrected chi connectivity index (χ0v) is 14.5. The molecule has 0 aromatic heterocycles. The van der Waals surface area contributed by atoms with Crippen molar-refractivity contribution < 1.29 is 4.74 Å². The van der Waals surface area contributed by atoms with E-state index in [1.54, 1.807) is 0 Å². The lowest BCUT2D eigenvalue weighted by Crippen LogP contribution is -2.46. The van der Waals surface area contributed by atoms with Gasteiger partial charge in [0.15, 0.2) is 0 Å². The van der Waals surface area contributed by atoms with Crippen LogP contribution in [0.2, 0.25) is 5.02 Å². The van der Waals surface area contributed by atoms with E-state index in [4.69, 9.17) is 22.1 Å². The summed E-state index contributed by atoms with van der Waals surface area (Å²) in [5.41, 5.74) is 9.06. The van der Waals surface area contributed by atoms with E-state index in [0.29, 0.717) is 0 Å². The summed E-state index contributed by atoms with van der Waals surface area (Å²) in [4.78, 5) is 0. The van der Waals surface area contributed by atoms with Crippen LogP contribution in [0.15, 0.2) is 48.5 Å². The van der Waals surface area contributed by atoms with Gasteiger partial charge in [0.25, 0.3) is 0 Å². The molecule has 0 aliphatic carbocycles. The first kappa shape index (κ1) is 18.1. The summed E-state index contributed by atoms with van der Waals surface area (Å²) in [6.45, 7) is 2.33. The summed E-state index contributed by atoms with van der Waals surface area (Å²) < 4.78 is 5.56. The first-order valence-electron chi connectivity index (χ1n) is 7.61. The van der Waals surface area contributed by atoms with E-state index < -0.39 is 0 Å². The molecule has 2 aromatic rings. The van der Waals surface area contributed by atoms with Gasteiger partial charge in [-0.1, -0.05) is 35.9 Å². The number of hydrogen-bond acceptors (Lipinski definition) is 3. The summed E-state index contributed by atoms with van der Waals surface area (Å²) >= 11 is 6.03. The monoisotopic (exact) mass is 352 g/mol. The van der Waals surface area contributed by atoms with Crippen LogP contribution >= 0.6 is 24.0 Å². The minimum atomic E-state index is -0.0621. The molecular weight excluding hydrogens is 331 g/mol. The van der Waals surface area contributed by atoms with E-state index in [2.05, 4.69) is 23.5 Å². The van der Waals surface area contributed by atoms with Gasteiger partial charge in [0, 0.05) is 36.0 Å². The highest BCUT2D eigenvalue weighted by Crippen LogP contribution is 2.33. The van der Waals surface area contributed by atoms with Gasteiger partial charge in [-0.05, 0) is 48.2 Å². The lowest BCUT2D eigenvalue weighted by molar-refractivity contribution is 0.0358. The zero-order valence-electron chi connectivity index (χ0n) is 12.9. The van der Waals surface area contributed by atoms with Crippen molar-refractivity contribution in [2.24, 2.45) is 0 Å². The van der Waals surface area contributed by atoms with Crippen LogP contribution in [0.1, 0.15) is 24.0 Å². The van der Waals surface area contributed by atoms with Crippen molar-refractivity contribution in [2.75, 3.05) is 18.9 Å². The van der Waals surface area contributed by atoms with Gasteiger partial charge >= 0.3 is 0 Å². The van der Waals surface area contributed by atoms with E-state index >= 15 is 0 Å². The molecule has 1 aliphatic rings. The van der Waals surface area contributed by atoms with Crippen molar-refractivity contribution in [3.05, 3.63) is 64.7 Å². The Bertz CT molecular complexity index is 625. The maximum atomic E-state index is 6.03. The maximum Gasteiger partial charge on any atom is 0.0486 e. The molecule has 0 amide bonds. The Labute approximate surface area is 148 Å². The number of nitrogens with two attached hydrogens (primary N) is 1. The molecule has 124 valence electrons. The van der Waals surface area contributed by atoms with E-state index in [9.17, 15) is 0 Å². The van der Waals surface area contributed by atoms with Crippen LogP contribution in [0.3, 0.4) is 0 Å². The molecule has 3 rings (SSSR count). The largest absolute Gasteiger partial charge is 0.399 e. The fourth-order valence-corrected chi connectivity index (χ4v) is 3.16. The summed E-state index contributed by atoms with van der Waals surface area (Å²) in [7, 11) is 0. The Hall–Kier alpha value is -1.26. The minimum absolute atomic E-state index is 0. The number of halogens is 2. The molecule has 3 nitrogen and oxygen atoms in total. The molecule has 0 unspecified atom stereocenters. The number of rotatable bonds is 4. The predicted molar refractivity (Wildman–Crippen MR) is 98.1 cm³/mol. The minimum Gasteiger partial charge on any atom is -0.399 e. The van der Waals surface area contributed by atoms with Crippen LogP contribution in [-0.2, 0) is 16.8 Å². The Morgan fingerprint density at radius 2 is 1.78 bits per heavy atom. The van der Waals surface area contributed by atoms with Crippen molar-refractivity contribution >= 4 is 29.7 Å². The van der Waals surface area contributed by atoms with Crippen molar-refractivity contribution in [1.82, 2.24) is 5.32 Å². The van der Waals surface area contributed by atoms with Crippen molar-refractivity contribution in [3.63, 3.8) is 0 Å². The van der Waals surface area contributed by atoms with Crippen LogP contribution in [0.5, 0.6) is 0 Å². The zero-order chi connectivity index (χ0) is 15.4. The molecule has 0 radical (unpaired) electrons. The molecule has 1 fully saturated rings. The third-order valence-corrected chi connectivity index (χ3v) is 4.58. The van der Waals surface area contributed by atoms with Crippen molar-refractivity contribution in [3.8, 4) is 0 Å². The molecule has 1 saturated heterocycles. The Morgan fingerprint density at radius 1 is 1.09 bits per heavy atom. The van der Waals surface area contributed by atoms with Gasteiger partial charge in [-0.2, -0.15) is 0 Å². The fourth-order valence-electron chi connectivity index (χ4n) is 3.03. The smallest absolute Gasteiger partial charge is 0.0486 e. The number of ether oxygens (including phenoxy) is 1. The molecule has 2 aromatic carbocycles. The summed E-state index contributed by atoms with van der Waals surface area (Å²) in [5, 5.41) is 4.50. The van der Waals surface area contributed by atoms with E-state index in [1.165, 1.54) is 11.1 Å². The average Bonchev–Trinajstić information content (AvgIpc) is 2.55.